The van der Waals surface area contributed by atoms with Gasteiger partial charge in [0.25, 0.3) is 0 Å². The highest BCUT2D eigenvalue weighted by Crippen LogP contribution is 2.34. The summed E-state index contributed by atoms with van der Waals surface area (Å²) in [5.74, 6) is 0. The highest BCUT2D eigenvalue weighted by molar-refractivity contribution is 4.93. The van der Waals surface area contributed by atoms with Crippen molar-refractivity contribution in [3.63, 3.8) is 0 Å². The van der Waals surface area contributed by atoms with Crippen LogP contribution in [-0.2, 0) is 4.74 Å². The second-order valence-corrected chi connectivity index (χ2v) is 5.26. The van der Waals surface area contributed by atoms with E-state index in [0.717, 1.165) is 45.3 Å². The van der Waals surface area contributed by atoms with E-state index in [9.17, 15) is 0 Å². The monoisotopic (exact) mass is 228 g/mol. The lowest BCUT2D eigenvalue weighted by molar-refractivity contribution is 0.0938. The molecule has 1 atom stereocenters. The fraction of sp³-hybridized carbons (Fsp3) is 1.00. The van der Waals surface area contributed by atoms with Gasteiger partial charge in [-0.25, -0.2) is 0 Å². The molecule has 0 amide bonds. The molecule has 1 unspecified atom stereocenters. The Balaban J connectivity index is 1.91. The van der Waals surface area contributed by atoms with Gasteiger partial charge in [-0.2, -0.15) is 0 Å². The molecule has 1 aliphatic carbocycles. The lowest BCUT2D eigenvalue weighted by atomic mass is 9.86. The molecule has 16 heavy (non-hydrogen) atoms. The number of ether oxygens (including phenoxy) is 1. The van der Waals surface area contributed by atoms with Crippen molar-refractivity contribution in [1.82, 2.24) is 10.2 Å². The first-order valence-electron chi connectivity index (χ1n) is 6.37. The summed E-state index contributed by atoms with van der Waals surface area (Å²) in [6.07, 6.45) is 3.75. The number of nitrogens with one attached hydrogen (secondary N) is 1. The summed E-state index contributed by atoms with van der Waals surface area (Å²) in [5.41, 5.74) is 0.270. The van der Waals surface area contributed by atoms with Crippen LogP contribution in [0.4, 0.5) is 0 Å². The van der Waals surface area contributed by atoms with Crippen LogP contribution in [0, 0.1) is 5.41 Å². The number of aliphatic hydroxyl groups is 1. The third-order valence-corrected chi connectivity index (χ3v) is 3.73. The minimum Gasteiger partial charge on any atom is -0.395 e. The third kappa shape index (κ3) is 2.94. The predicted octanol–water partition coefficient (Wildman–Crippen LogP) is 0.0692. The Hall–Kier alpha value is -0.160. The molecule has 94 valence electrons. The molecule has 1 saturated heterocycles. The number of hydrogen-bond donors (Lipinski definition) is 2. The molecule has 4 heteroatoms. The van der Waals surface area contributed by atoms with Gasteiger partial charge in [0.15, 0.2) is 0 Å². The summed E-state index contributed by atoms with van der Waals surface area (Å²) in [7, 11) is 2.01. The fourth-order valence-electron chi connectivity index (χ4n) is 2.73. The zero-order valence-electron chi connectivity index (χ0n) is 10.2. The van der Waals surface area contributed by atoms with E-state index in [1.54, 1.807) is 0 Å². The smallest absolute Gasteiger partial charge is 0.0558 e. The summed E-state index contributed by atoms with van der Waals surface area (Å²) in [6.45, 7) is 4.92. The number of nitrogens with zero attached hydrogens (tertiary/aromatic N) is 1. The minimum atomic E-state index is 0.270. The molecule has 1 aliphatic heterocycles. The molecule has 2 aliphatic rings. The third-order valence-electron chi connectivity index (χ3n) is 3.73. The van der Waals surface area contributed by atoms with Gasteiger partial charge in [0.05, 0.1) is 13.2 Å². The lowest BCUT2D eigenvalue weighted by Crippen LogP contribution is -2.45. The van der Waals surface area contributed by atoms with Crippen LogP contribution in [0.25, 0.3) is 0 Å². The average molecular weight is 228 g/mol. The largest absolute Gasteiger partial charge is 0.395 e. The van der Waals surface area contributed by atoms with E-state index in [4.69, 9.17) is 9.84 Å². The quantitative estimate of drug-likeness (QED) is 0.647. The van der Waals surface area contributed by atoms with Crippen molar-refractivity contribution < 1.29 is 9.84 Å². The molecule has 1 heterocycles. The van der Waals surface area contributed by atoms with Crippen molar-refractivity contribution >= 4 is 0 Å². The molecule has 1 saturated carbocycles. The molecule has 0 spiro atoms. The van der Waals surface area contributed by atoms with E-state index in [1.807, 2.05) is 7.05 Å². The van der Waals surface area contributed by atoms with Crippen LogP contribution in [0.3, 0.4) is 0 Å². The topological polar surface area (TPSA) is 44.7 Å². The molecule has 0 radical (unpaired) electrons. The van der Waals surface area contributed by atoms with E-state index < -0.39 is 0 Å². The van der Waals surface area contributed by atoms with Gasteiger partial charge in [0.2, 0.25) is 0 Å². The maximum absolute atomic E-state index is 9.11. The first-order valence-corrected chi connectivity index (χ1v) is 6.37. The van der Waals surface area contributed by atoms with E-state index >= 15 is 0 Å². The molecule has 0 aromatic heterocycles. The average Bonchev–Trinajstić information content (AvgIpc) is 3.02. The zero-order chi connectivity index (χ0) is 11.4. The summed E-state index contributed by atoms with van der Waals surface area (Å²) in [4.78, 5) is 2.45. The van der Waals surface area contributed by atoms with Crippen LogP contribution < -0.4 is 5.32 Å². The molecular formula is C12H24N2O2. The molecule has 0 aromatic carbocycles. The Kier molecular flexibility index (Phi) is 4.19. The zero-order valence-corrected chi connectivity index (χ0v) is 10.2. The van der Waals surface area contributed by atoms with Crippen LogP contribution >= 0.6 is 0 Å². The maximum Gasteiger partial charge on any atom is 0.0558 e. The Labute approximate surface area is 98.0 Å². The van der Waals surface area contributed by atoms with Crippen molar-refractivity contribution in [2.45, 2.75) is 25.3 Å². The summed E-state index contributed by atoms with van der Waals surface area (Å²) in [5, 5.41) is 12.4. The van der Waals surface area contributed by atoms with Crippen LogP contribution in [0.15, 0.2) is 0 Å². The highest BCUT2D eigenvalue weighted by Gasteiger charge is 2.39. The van der Waals surface area contributed by atoms with Crippen LogP contribution in [0.5, 0.6) is 0 Å². The Bertz CT molecular complexity index is 213. The van der Waals surface area contributed by atoms with Gasteiger partial charge in [-0.3, -0.25) is 4.90 Å². The van der Waals surface area contributed by atoms with Crippen LogP contribution in [0.1, 0.15) is 19.3 Å². The number of hydrogen-bond acceptors (Lipinski definition) is 4. The van der Waals surface area contributed by atoms with E-state index in [2.05, 4.69) is 10.2 Å². The van der Waals surface area contributed by atoms with Gasteiger partial charge in [-0.1, -0.05) is 0 Å². The second kappa shape index (κ2) is 5.45. The van der Waals surface area contributed by atoms with Crippen molar-refractivity contribution in [2.75, 3.05) is 46.5 Å². The summed E-state index contributed by atoms with van der Waals surface area (Å²) >= 11 is 0. The maximum atomic E-state index is 9.11. The first-order chi connectivity index (χ1) is 7.79. The molecule has 2 rings (SSSR count). The second-order valence-electron chi connectivity index (χ2n) is 5.26. The Morgan fingerprint density at radius 2 is 2.31 bits per heavy atom. The van der Waals surface area contributed by atoms with E-state index in [1.165, 1.54) is 12.8 Å². The summed E-state index contributed by atoms with van der Waals surface area (Å²) in [6, 6.07) is 0.724. The minimum absolute atomic E-state index is 0.270. The molecular weight excluding hydrogens is 204 g/mol. The first kappa shape index (κ1) is 12.3. The van der Waals surface area contributed by atoms with Gasteiger partial charge in [0.1, 0.15) is 0 Å². The van der Waals surface area contributed by atoms with Gasteiger partial charge >= 0.3 is 0 Å². The summed E-state index contributed by atoms with van der Waals surface area (Å²) < 4.78 is 5.56. The van der Waals surface area contributed by atoms with Gasteiger partial charge in [-0.05, 0) is 26.3 Å². The molecule has 2 N–H and O–H groups in total. The lowest BCUT2D eigenvalue weighted by Gasteiger charge is -2.34. The van der Waals surface area contributed by atoms with Gasteiger partial charge in [-0.15, -0.1) is 0 Å². The molecule has 0 aromatic rings. The van der Waals surface area contributed by atoms with Crippen molar-refractivity contribution in [3.05, 3.63) is 0 Å². The number of rotatable bonds is 7. The highest BCUT2D eigenvalue weighted by atomic mass is 16.5. The fourth-order valence-corrected chi connectivity index (χ4v) is 2.73. The van der Waals surface area contributed by atoms with Crippen LogP contribution in [0.2, 0.25) is 0 Å². The molecule has 2 fully saturated rings. The van der Waals surface area contributed by atoms with E-state index in [0.29, 0.717) is 0 Å². The Morgan fingerprint density at radius 3 is 2.81 bits per heavy atom. The number of aliphatic hydroxyl groups excluding tert-OH is 1. The predicted molar refractivity (Wildman–Crippen MR) is 63.5 cm³/mol. The standard InChI is InChI=1S/C12H24N2O2/c1-13-8-12(4-7-16-10-12)9-14(5-6-15)11-2-3-11/h11,13,15H,2-10H2,1H3. The van der Waals surface area contributed by atoms with Gasteiger partial charge in [0, 0.05) is 37.7 Å². The Morgan fingerprint density at radius 1 is 1.50 bits per heavy atom. The van der Waals surface area contributed by atoms with Crippen molar-refractivity contribution in [2.24, 2.45) is 5.41 Å². The normalized spacial score (nSPS) is 30.2. The van der Waals surface area contributed by atoms with Crippen LogP contribution in [-0.4, -0.2) is 62.6 Å². The van der Waals surface area contributed by atoms with Gasteiger partial charge < -0.3 is 15.2 Å². The molecule has 4 nitrogen and oxygen atoms in total. The molecule has 0 bridgehead atoms. The SMILES string of the molecule is CNCC1(CN(CCO)C2CC2)CCOC1. The van der Waals surface area contributed by atoms with Crippen molar-refractivity contribution in [1.29, 1.82) is 0 Å². The van der Waals surface area contributed by atoms with Crippen molar-refractivity contribution in [3.8, 4) is 0 Å². The van der Waals surface area contributed by atoms with E-state index in [-0.39, 0.29) is 12.0 Å².